The molecule has 0 unspecified atom stereocenters. The molecule has 4 aromatic heterocycles. The number of fused-ring (bicyclic) bond motifs is 2. The van der Waals surface area contributed by atoms with Gasteiger partial charge in [0.25, 0.3) is 11.8 Å². The molecule has 0 aromatic carbocycles. The topological polar surface area (TPSA) is 100 Å². The summed E-state index contributed by atoms with van der Waals surface area (Å²) >= 11 is 0. The van der Waals surface area contributed by atoms with Gasteiger partial charge in [-0.05, 0) is 24.6 Å². The molecule has 0 radical (unpaired) electrons. The average molecular weight is 479 g/mol. The minimum atomic E-state index is -4.44. The van der Waals surface area contributed by atoms with Crippen LogP contribution < -0.4 is 10.6 Å². The highest BCUT2D eigenvalue weighted by Gasteiger charge is 2.46. The molecule has 3 N–H and O–H groups in total. The highest BCUT2D eigenvalue weighted by molar-refractivity contribution is 6.02. The molecule has 13 heteroatoms. The number of halogens is 5. The largest absolute Gasteiger partial charge is 0.408 e. The first kappa shape index (κ1) is 22.0. The van der Waals surface area contributed by atoms with Crippen molar-refractivity contribution in [1.29, 1.82) is 0 Å². The van der Waals surface area contributed by atoms with Crippen molar-refractivity contribution in [3.05, 3.63) is 42.5 Å². The molecule has 8 nitrogen and oxygen atoms in total. The van der Waals surface area contributed by atoms with Crippen molar-refractivity contribution in [2.45, 2.75) is 43.9 Å². The lowest BCUT2D eigenvalue weighted by Crippen LogP contribution is -2.50. The monoisotopic (exact) mass is 479 g/mol. The fourth-order valence-electron chi connectivity index (χ4n) is 3.84. The molecule has 1 amide bonds. The Labute approximate surface area is 188 Å². The summed E-state index contributed by atoms with van der Waals surface area (Å²) in [6.07, 6.45) is 0.819. The minimum absolute atomic E-state index is 0.169. The summed E-state index contributed by atoms with van der Waals surface area (Å²) in [5.41, 5.74) is 2.38. The molecule has 1 saturated carbocycles. The molecule has 178 valence electrons. The summed E-state index contributed by atoms with van der Waals surface area (Å²) in [6.45, 7) is 0.971. The molecule has 0 aliphatic heterocycles. The van der Waals surface area contributed by atoms with Gasteiger partial charge in [0.05, 0.1) is 17.3 Å². The number of hydrogen-bond donors (Lipinski definition) is 3. The lowest BCUT2D eigenvalue weighted by molar-refractivity contribution is -0.138. The molecular weight excluding hydrogens is 461 g/mol. The van der Waals surface area contributed by atoms with Crippen LogP contribution in [0, 0.1) is 0 Å². The predicted molar refractivity (Wildman–Crippen MR) is 113 cm³/mol. The maximum atomic E-state index is 13.1. The second kappa shape index (κ2) is 7.64. The van der Waals surface area contributed by atoms with E-state index in [1.165, 1.54) is 16.9 Å². The van der Waals surface area contributed by atoms with Crippen molar-refractivity contribution in [2.75, 3.05) is 5.32 Å². The molecule has 0 bridgehead atoms. The van der Waals surface area contributed by atoms with Crippen LogP contribution in [0.25, 0.3) is 27.7 Å². The van der Waals surface area contributed by atoms with Gasteiger partial charge in [-0.3, -0.25) is 4.79 Å². The third kappa shape index (κ3) is 4.01. The first-order valence-electron chi connectivity index (χ1n) is 10.3. The Hall–Kier alpha value is -3.77. The quantitative estimate of drug-likeness (QED) is 0.373. The fraction of sp³-hybridized carbons (Fsp3) is 0.333. The van der Waals surface area contributed by atoms with Crippen molar-refractivity contribution in [2.24, 2.45) is 0 Å². The molecule has 1 atom stereocenters. The minimum Gasteiger partial charge on any atom is -0.349 e. The van der Waals surface area contributed by atoms with Gasteiger partial charge in [0.1, 0.15) is 11.7 Å². The molecule has 4 aromatic rings. The normalized spacial score (nSPS) is 17.0. The van der Waals surface area contributed by atoms with Gasteiger partial charge in [-0.15, -0.1) is 0 Å². The van der Waals surface area contributed by atoms with E-state index in [0.29, 0.717) is 27.7 Å². The van der Waals surface area contributed by atoms with E-state index in [0.717, 1.165) is 6.92 Å². The van der Waals surface area contributed by atoms with Crippen LogP contribution in [-0.4, -0.2) is 54.7 Å². The van der Waals surface area contributed by atoms with E-state index in [-0.39, 0.29) is 11.5 Å². The molecule has 0 saturated heterocycles. The van der Waals surface area contributed by atoms with Crippen molar-refractivity contribution in [3.63, 3.8) is 0 Å². The van der Waals surface area contributed by atoms with Gasteiger partial charge < -0.3 is 15.6 Å². The Kier molecular flexibility index (Phi) is 4.95. The van der Waals surface area contributed by atoms with Crippen LogP contribution in [0.4, 0.5) is 27.9 Å². The van der Waals surface area contributed by atoms with Gasteiger partial charge in [-0.25, -0.2) is 18.3 Å². The number of aromatic nitrogens is 5. The Morgan fingerprint density at radius 1 is 1.29 bits per heavy atom. The Morgan fingerprint density at radius 3 is 2.76 bits per heavy atom. The number of anilines is 1. The van der Waals surface area contributed by atoms with E-state index in [9.17, 15) is 26.7 Å². The van der Waals surface area contributed by atoms with Crippen LogP contribution in [0.5, 0.6) is 0 Å². The second-order valence-electron chi connectivity index (χ2n) is 8.30. The van der Waals surface area contributed by atoms with Crippen LogP contribution in [0.15, 0.2) is 36.9 Å². The van der Waals surface area contributed by atoms with E-state index >= 15 is 0 Å². The van der Waals surface area contributed by atoms with Gasteiger partial charge in [-0.1, -0.05) is 0 Å². The molecule has 5 rings (SSSR count). The summed E-state index contributed by atoms with van der Waals surface area (Å²) < 4.78 is 66.0. The van der Waals surface area contributed by atoms with E-state index in [1.807, 2.05) is 0 Å². The number of amides is 1. The summed E-state index contributed by atoms with van der Waals surface area (Å²) in [5, 5.41) is 9.53. The number of alkyl halides is 5. The van der Waals surface area contributed by atoms with Crippen LogP contribution in [0.1, 0.15) is 30.1 Å². The number of carbonyl (C=O) groups is 1. The van der Waals surface area contributed by atoms with E-state index < -0.39 is 42.9 Å². The van der Waals surface area contributed by atoms with Crippen LogP contribution in [0.2, 0.25) is 0 Å². The van der Waals surface area contributed by atoms with Crippen LogP contribution in [0.3, 0.4) is 0 Å². The number of nitrogens with one attached hydrogen (secondary N) is 3. The summed E-state index contributed by atoms with van der Waals surface area (Å²) in [5.74, 6) is -3.41. The van der Waals surface area contributed by atoms with E-state index in [2.05, 4.69) is 30.7 Å². The number of nitrogens with zero attached hydrogens (tertiary/aromatic N) is 4. The second-order valence-corrected chi connectivity index (χ2v) is 8.30. The maximum Gasteiger partial charge on any atom is 0.408 e. The molecule has 34 heavy (non-hydrogen) atoms. The first-order valence-corrected chi connectivity index (χ1v) is 10.3. The average Bonchev–Trinajstić information content (AvgIpc) is 3.35. The Morgan fingerprint density at radius 2 is 2.06 bits per heavy atom. The zero-order chi connectivity index (χ0) is 24.3. The first-order chi connectivity index (χ1) is 16.0. The molecule has 4 heterocycles. The lowest BCUT2D eigenvalue weighted by atomic mass is 9.88. The SMILES string of the molecule is C[C@H](Nc1ncc2c(-c3ccn4ncc(C(=O)NC5CC(F)(F)C5)c4c3)c[nH]c2n1)C(F)(F)F. The van der Waals surface area contributed by atoms with Crippen molar-refractivity contribution in [3.8, 4) is 11.1 Å². The zero-order valence-electron chi connectivity index (χ0n) is 17.6. The molecule has 1 aliphatic carbocycles. The van der Waals surface area contributed by atoms with Crippen LogP contribution >= 0.6 is 0 Å². The van der Waals surface area contributed by atoms with Gasteiger partial charge in [-0.2, -0.15) is 23.3 Å². The fourth-order valence-corrected chi connectivity index (χ4v) is 3.84. The Balaban J connectivity index is 1.42. The predicted octanol–water partition coefficient (Wildman–Crippen LogP) is 4.16. The Bertz CT molecular complexity index is 1390. The third-order valence-corrected chi connectivity index (χ3v) is 5.77. The molecule has 1 aliphatic rings. The molecule has 1 fully saturated rings. The summed E-state index contributed by atoms with van der Waals surface area (Å²) in [7, 11) is 0. The number of H-pyrrole nitrogens is 1. The molecular formula is C21H18F5N7O. The standard InChI is InChI=1S/C21H18F5N7O/c1-10(21(24,25)26)30-19-28-8-14-13(7-27-17(14)32-19)11-2-3-33-16(4-11)15(9-29-33)18(34)31-12-5-20(22,23)6-12/h2-4,7-10,12H,5-6H2,1H3,(H,31,34)(H2,27,28,30,32)/t10-/m0/s1. The number of carbonyl (C=O) groups excluding carboxylic acids is 1. The maximum absolute atomic E-state index is 13.1. The summed E-state index contributed by atoms with van der Waals surface area (Å²) in [4.78, 5) is 23.6. The number of hydrogen-bond acceptors (Lipinski definition) is 5. The highest BCUT2D eigenvalue weighted by Crippen LogP contribution is 2.37. The molecule has 0 spiro atoms. The highest BCUT2D eigenvalue weighted by atomic mass is 19.4. The van der Waals surface area contributed by atoms with Crippen LogP contribution in [-0.2, 0) is 0 Å². The van der Waals surface area contributed by atoms with E-state index in [1.54, 1.807) is 24.5 Å². The van der Waals surface area contributed by atoms with Gasteiger partial charge >= 0.3 is 6.18 Å². The third-order valence-electron chi connectivity index (χ3n) is 5.77. The van der Waals surface area contributed by atoms with Gasteiger partial charge in [0.15, 0.2) is 0 Å². The van der Waals surface area contributed by atoms with E-state index in [4.69, 9.17) is 0 Å². The smallest absolute Gasteiger partial charge is 0.349 e. The van der Waals surface area contributed by atoms with Crippen molar-refractivity contribution in [1.82, 2.24) is 29.9 Å². The lowest BCUT2D eigenvalue weighted by Gasteiger charge is -2.35. The zero-order valence-corrected chi connectivity index (χ0v) is 17.6. The number of aromatic amines is 1. The summed E-state index contributed by atoms with van der Waals surface area (Å²) in [6, 6.07) is 1.04. The van der Waals surface area contributed by atoms with Gasteiger partial charge in [0, 0.05) is 48.4 Å². The van der Waals surface area contributed by atoms with Crippen molar-refractivity contribution < 1.29 is 26.7 Å². The number of rotatable bonds is 5. The van der Waals surface area contributed by atoms with Crippen molar-refractivity contribution >= 4 is 28.4 Å². The van der Waals surface area contributed by atoms with Gasteiger partial charge in [0.2, 0.25) is 5.95 Å². The number of pyridine rings is 1.